The van der Waals surface area contributed by atoms with E-state index in [1.807, 2.05) is 31.2 Å². The van der Waals surface area contributed by atoms with Gasteiger partial charge in [-0.3, -0.25) is 4.57 Å². The Morgan fingerprint density at radius 2 is 1.60 bits per heavy atom. The summed E-state index contributed by atoms with van der Waals surface area (Å²) >= 11 is 0. The molecule has 0 saturated heterocycles. The normalized spacial score (nSPS) is 11.9. The predicted molar refractivity (Wildman–Crippen MR) is 119 cm³/mol. The molecule has 6 nitrogen and oxygen atoms in total. The highest BCUT2D eigenvalue weighted by atomic mass is 32.2. The van der Waals surface area contributed by atoms with Crippen molar-refractivity contribution in [3.05, 3.63) is 71.2 Å². The van der Waals surface area contributed by atoms with Gasteiger partial charge in [-0.1, -0.05) is 37.3 Å². The first-order valence-electron chi connectivity index (χ1n) is 9.80. The molecule has 4 rings (SSSR count). The molecule has 0 fully saturated rings. The molecule has 0 spiro atoms. The number of aryl methyl sites for hydroxylation is 3. The van der Waals surface area contributed by atoms with Crippen LogP contribution in [0.1, 0.15) is 29.6 Å². The Hall–Kier alpha value is -3.03. The molecule has 30 heavy (non-hydrogen) atoms. The highest BCUT2D eigenvalue weighted by Crippen LogP contribution is 2.30. The molecule has 0 aliphatic heterocycles. The summed E-state index contributed by atoms with van der Waals surface area (Å²) in [5, 5.41) is 5.39. The molecule has 0 bridgehead atoms. The maximum Gasteiger partial charge on any atom is 0.238 e. The van der Waals surface area contributed by atoms with Crippen molar-refractivity contribution in [2.24, 2.45) is 5.14 Å². The van der Waals surface area contributed by atoms with Crippen LogP contribution in [0.2, 0.25) is 0 Å². The fourth-order valence-corrected chi connectivity index (χ4v) is 4.52. The van der Waals surface area contributed by atoms with E-state index in [2.05, 4.69) is 25.3 Å². The Morgan fingerprint density at radius 3 is 2.23 bits per heavy atom. The van der Waals surface area contributed by atoms with Crippen molar-refractivity contribution in [1.82, 2.24) is 14.5 Å². The lowest BCUT2D eigenvalue weighted by molar-refractivity contribution is 0.598. The summed E-state index contributed by atoms with van der Waals surface area (Å²) in [6, 6.07) is 14.5. The summed E-state index contributed by atoms with van der Waals surface area (Å²) in [7, 11) is -3.81. The number of pyridine rings is 1. The molecule has 0 unspecified atom stereocenters. The molecule has 7 heteroatoms. The number of sulfonamides is 1. The average molecular weight is 421 g/mol. The quantitative estimate of drug-likeness (QED) is 0.535. The molecule has 0 atom stereocenters. The second-order valence-electron chi connectivity index (χ2n) is 7.42. The van der Waals surface area contributed by atoms with Gasteiger partial charge in [-0.25, -0.2) is 23.5 Å². The zero-order chi connectivity index (χ0) is 21.6. The standard InChI is InChI=1S/C23H24N4O2S/c1-5-21-26-22-15(3)14(2)16(4)25-23(22)27(21)18-12-10-17(11-13-18)19-8-6-7-9-20(19)30(24,28)29/h6-13H,5H2,1-4H3,(H2,24,28,29). The van der Waals surface area contributed by atoms with Crippen LogP contribution in [0.3, 0.4) is 0 Å². The smallest absolute Gasteiger partial charge is 0.238 e. The molecular weight excluding hydrogens is 396 g/mol. The number of rotatable bonds is 4. The largest absolute Gasteiger partial charge is 0.281 e. The third-order valence-electron chi connectivity index (χ3n) is 5.60. The SMILES string of the molecule is CCc1nc2c(C)c(C)c(C)nc2n1-c1ccc(-c2ccccc2S(N)(=O)=O)cc1. The third-order valence-corrected chi connectivity index (χ3v) is 6.57. The summed E-state index contributed by atoms with van der Waals surface area (Å²) in [6.45, 7) is 8.23. The molecule has 0 amide bonds. The van der Waals surface area contributed by atoms with Crippen LogP contribution >= 0.6 is 0 Å². The van der Waals surface area contributed by atoms with Gasteiger partial charge in [0.05, 0.1) is 4.90 Å². The summed E-state index contributed by atoms with van der Waals surface area (Å²) in [4.78, 5) is 9.77. The van der Waals surface area contributed by atoms with Crippen LogP contribution < -0.4 is 5.14 Å². The first-order chi connectivity index (χ1) is 14.2. The number of hydrogen-bond donors (Lipinski definition) is 1. The highest BCUT2D eigenvalue weighted by molar-refractivity contribution is 7.89. The lowest BCUT2D eigenvalue weighted by Crippen LogP contribution is -2.13. The van der Waals surface area contributed by atoms with Crippen LogP contribution in [0, 0.1) is 20.8 Å². The van der Waals surface area contributed by atoms with Crippen LogP contribution in [0.25, 0.3) is 28.0 Å². The minimum Gasteiger partial charge on any atom is -0.281 e. The number of hydrogen-bond acceptors (Lipinski definition) is 4. The van der Waals surface area contributed by atoms with Crippen LogP contribution in [0.4, 0.5) is 0 Å². The molecule has 4 aromatic rings. The number of aromatic nitrogens is 3. The van der Waals surface area contributed by atoms with E-state index in [-0.39, 0.29) is 4.90 Å². The molecule has 2 heterocycles. The number of fused-ring (bicyclic) bond motifs is 1. The van der Waals surface area contributed by atoms with Crippen molar-refractivity contribution in [2.75, 3.05) is 0 Å². The topological polar surface area (TPSA) is 90.9 Å². The molecule has 2 aromatic carbocycles. The van der Waals surface area contributed by atoms with Crippen LogP contribution in [-0.4, -0.2) is 23.0 Å². The summed E-state index contributed by atoms with van der Waals surface area (Å²) in [5.74, 6) is 0.934. The zero-order valence-corrected chi connectivity index (χ0v) is 18.3. The summed E-state index contributed by atoms with van der Waals surface area (Å²) in [5.41, 5.74) is 7.34. The van der Waals surface area contributed by atoms with Crippen molar-refractivity contribution < 1.29 is 8.42 Å². The Morgan fingerprint density at radius 1 is 0.933 bits per heavy atom. The van der Waals surface area contributed by atoms with E-state index in [1.54, 1.807) is 18.2 Å². The van der Waals surface area contributed by atoms with Gasteiger partial charge in [-0.15, -0.1) is 0 Å². The van der Waals surface area contributed by atoms with Crippen LogP contribution in [0.5, 0.6) is 0 Å². The van der Waals surface area contributed by atoms with Crippen molar-refractivity contribution in [3.63, 3.8) is 0 Å². The van der Waals surface area contributed by atoms with E-state index in [0.717, 1.165) is 51.5 Å². The number of imidazole rings is 1. The molecule has 0 saturated carbocycles. The van der Waals surface area contributed by atoms with E-state index in [1.165, 1.54) is 6.07 Å². The number of nitrogens with two attached hydrogens (primary N) is 1. The molecular formula is C23H24N4O2S. The fourth-order valence-electron chi connectivity index (χ4n) is 3.76. The fraction of sp³-hybridized carbons (Fsp3) is 0.217. The van der Waals surface area contributed by atoms with Gasteiger partial charge in [0.2, 0.25) is 10.0 Å². The van der Waals surface area contributed by atoms with Gasteiger partial charge in [-0.05, 0) is 55.7 Å². The van der Waals surface area contributed by atoms with Crippen molar-refractivity contribution in [2.45, 2.75) is 39.0 Å². The summed E-state index contributed by atoms with van der Waals surface area (Å²) in [6.07, 6.45) is 0.768. The molecule has 154 valence electrons. The van der Waals surface area contributed by atoms with Gasteiger partial charge in [0.25, 0.3) is 0 Å². The molecule has 0 aliphatic rings. The average Bonchev–Trinajstić information content (AvgIpc) is 3.10. The summed E-state index contributed by atoms with van der Waals surface area (Å²) < 4.78 is 26.0. The zero-order valence-electron chi connectivity index (χ0n) is 17.5. The minimum atomic E-state index is -3.81. The van der Waals surface area contributed by atoms with Gasteiger partial charge in [0.15, 0.2) is 5.65 Å². The predicted octanol–water partition coefficient (Wildman–Crippen LogP) is 4.22. The van der Waals surface area contributed by atoms with Gasteiger partial charge in [0, 0.05) is 23.4 Å². The third kappa shape index (κ3) is 3.30. The van der Waals surface area contributed by atoms with E-state index in [9.17, 15) is 8.42 Å². The molecule has 0 aliphatic carbocycles. The van der Waals surface area contributed by atoms with Gasteiger partial charge >= 0.3 is 0 Å². The van der Waals surface area contributed by atoms with Gasteiger partial charge in [-0.2, -0.15) is 0 Å². The monoisotopic (exact) mass is 420 g/mol. The number of primary sulfonamides is 1. The van der Waals surface area contributed by atoms with E-state index in [0.29, 0.717) is 5.56 Å². The van der Waals surface area contributed by atoms with Crippen molar-refractivity contribution in [1.29, 1.82) is 0 Å². The first-order valence-corrected chi connectivity index (χ1v) is 11.3. The highest BCUT2D eigenvalue weighted by Gasteiger charge is 2.18. The van der Waals surface area contributed by atoms with Crippen molar-refractivity contribution in [3.8, 4) is 16.8 Å². The first kappa shape index (κ1) is 20.3. The maximum atomic E-state index is 12.0. The Bertz CT molecular complexity index is 1370. The lowest BCUT2D eigenvalue weighted by atomic mass is 10.1. The van der Waals surface area contributed by atoms with Gasteiger partial charge in [0.1, 0.15) is 11.3 Å². The molecule has 2 N–H and O–H groups in total. The second-order valence-corrected chi connectivity index (χ2v) is 8.95. The van der Waals surface area contributed by atoms with Crippen LogP contribution in [-0.2, 0) is 16.4 Å². The molecule has 2 aromatic heterocycles. The Labute approximate surface area is 176 Å². The van der Waals surface area contributed by atoms with E-state index < -0.39 is 10.0 Å². The Balaban J connectivity index is 1.88. The van der Waals surface area contributed by atoms with Crippen LogP contribution in [0.15, 0.2) is 53.4 Å². The minimum absolute atomic E-state index is 0.114. The number of benzene rings is 2. The number of nitrogens with zero attached hydrogens (tertiary/aromatic N) is 3. The lowest BCUT2D eigenvalue weighted by Gasteiger charge is -2.12. The Kier molecular flexibility index (Phi) is 4.95. The van der Waals surface area contributed by atoms with E-state index in [4.69, 9.17) is 15.1 Å². The maximum absolute atomic E-state index is 12.0. The van der Waals surface area contributed by atoms with E-state index >= 15 is 0 Å². The molecule has 0 radical (unpaired) electrons. The van der Waals surface area contributed by atoms with Gasteiger partial charge < -0.3 is 0 Å². The van der Waals surface area contributed by atoms with Crippen molar-refractivity contribution >= 4 is 21.2 Å². The second kappa shape index (κ2) is 7.34.